The average molecular weight is 296 g/mol. The first-order chi connectivity index (χ1) is 10.5. The first-order valence-corrected chi connectivity index (χ1v) is 7.63. The maximum absolute atomic E-state index is 12.8. The van der Waals surface area contributed by atoms with E-state index in [0.29, 0.717) is 19.8 Å². The van der Waals surface area contributed by atoms with Gasteiger partial charge in [-0.1, -0.05) is 37.3 Å². The zero-order chi connectivity index (χ0) is 15.7. The number of fused-ring (bicyclic) bond motifs is 1. The highest BCUT2D eigenvalue weighted by atomic mass is 16.5. The monoisotopic (exact) mass is 296 g/mol. The minimum absolute atomic E-state index is 0.000327. The summed E-state index contributed by atoms with van der Waals surface area (Å²) in [7, 11) is 0. The molecule has 0 radical (unpaired) electrons. The summed E-state index contributed by atoms with van der Waals surface area (Å²) < 4.78 is 5.20. The summed E-state index contributed by atoms with van der Waals surface area (Å²) in [5.41, 5.74) is 2.52. The number of rotatable bonds is 2. The Labute approximate surface area is 131 Å². The van der Waals surface area contributed by atoms with Crippen LogP contribution >= 0.6 is 0 Å². The third-order valence-corrected chi connectivity index (χ3v) is 4.56. The number of carbonyl (C=O) groups excluding carboxylic acids is 1. The van der Waals surface area contributed by atoms with Gasteiger partial charge in [0.2, 0.25) is 0 Å². The second-order valence-electron chi connectivity index (χ2n) is 6.44. The molecule has 4 heteroatoms. The van der Waals surface area contributed by atoms with Crippen molar-refractivity contribution in [2.75, 3.05) is 19.8 Å². The van der Waals surface area contributed by atoms with Gasteiger partial charge in [-0.3, -0.25) is 4.79 Å². The molecule has 22 heavy (non-hydrogen) atoms. The van der Waals surface area contributed by atoms with Gasteiger partial charge in [-0.25, -0.2) is 0 Å². The van der Waals surface area contributed by atoms with Crippen LogP contribution in [0.3, 0.4) is 0 Å². The summed E-state index contributed by atoms with van der Waals surface area (Å²) in [6, 6.07) is 10.3. The number of hydrogen-bond acceptors (Lipinski definition) is 3. The van der Waals surface area contributed by atoms with Crippen LogP contribution < -0.4 is 0 Å². The molecule has 1 atom stereocenters. The molecular weight excluding hydrogens is 276 g/mol. The van der Waals surface area contributed by atoms with E-state index in [2.05, 4.69) is 18.2 Å². The first-order valence-electron chi connectivity index (χ1n) is 7.63. The first kappa shape index (κ1) is 14.8. The Balaban J connectivity index is 1.85. The van der Waals surface area contributed by atoms with Crippen molar-refractivity contribution in [3.8, 4) is 6.07 Å². The maximum Gasteiger partial charge on any atom is 0.264 e. The van der Waals surface area contributed by atoms with E-state index in [1.54, 1.807) is 11.0 Å². The fourth-order valence-electron chi connectivity index (χ4n) is 3.20. The van der Waals surface area contributed by atoms with Gasteiger partial charge in [0.15, 0.2) is 0 Å². The molecule has 4 nitrogen and oxygen atoms in total. The summed E-state index contributed by atoms with van der Waals surface area (Å²) in [6.07, 6.45) is 2.62. The standard InChI is InChI=1S/C18H20N2O2/c1-13-16-6-4-3-5-14(16)7-8-20(13)17(21)15(10-19)9-18(2)11-22-12-18/h3-6,9,13H,7-8,11-12H2,1-2H3/b15-9+. The molecule has 0 bridgehead atoms. The lowest BCUT2D eigenvalue weighted by atomic mass is 9.86. The van der Waals surface area contributed by atoms with Gasteiger partial charge in [0, 0.05) is 12.0 Å². The van der Waals surface area contributed by atoms with Crippen molar-refractivity contribution >= 4 is 5.91 Å². The van der Waals surface area contributed by atoms with Crippen LogP contribution in [-0.2, 0) is 16.0 Å². The van der Waals surface area contributed by atoms with Crippen LogP contribution in [0.1, 0.15) is 31.0 Å². The van der Waals surface area contributed by atoms with E-state index in [-0.39, 0.29) is 22.9 Å². The van der Waals surface area contributed by atoms with Gasteiger partial charge in [0.05, 0.1) is 19.3 Å². The summed E-state index contributed by atoms with van der Waals surface area (Å²) in [6.45, 7) is 5.84. The molecule has 0 spiro atoms. The van der Waals surface area contributed by atoms with Crippen molar-refractivity contribution in [1.82, 2.24) is 4.90 Å². The summed E-state index contributed by atoms with van der Waals surface area (Å²) in [4.78, 5) is 14.6. The molecule has 1 fully saturated rings. The Morgan fingerprint density at radius 1 is 1.45 bits per heavy atom. The number of nitriles is 1. The van der Waals surface area contributed by atoms with E-state index >= 15 is 0 Å². The van der Waals surface area contributed by atoms with Crippen molar-refractivity contribution in [3.63, 3.8) is 0 Å². The maximum atomic E-state index is 12.8. The Kier molecular flexibility index (Phi) is 3.76. The van der Waals surface area contributed by atoms with E-state index in [4.69, 9.17) is 4.74 Å². The second-order valence-corrected chi connectivity index (χ2v) is 6.44. The molecule has 2 heterocycles. The van der Waals surface area contributed by atoms with E-state index in [0.717, 1.165) is 6.42 Å². The molecule has 0 saturated carbocycles. The summed E-state index contributed by atoms with van der Waals surface area (Å²) in [5, 5.41) is 9.38. The van der Waals surface area contributed by atoms with Crippen LogP contribution in [0.5, 0.6) is 0 Å². The quantitative estimate of drug-likeness (QED) is 0.622. The van der Waals surface area contributed by atoms with Crippen LogP contribution in [0.15, 0.2) is 35.9 Å². The van der Waals surface area contributed by atoms with Gasteiger partial charge in [0.25, 0.3) is 5.91 Å². The lowest BCUT2D eigenvalue weighted by Gasteiger charge is -2.37. The van der Waals surface area contributed by atoms with Gasteiger partial charge < -0.3 is 9.64 Å². The minimum atomic E-state index is -0.183. The van der Waals surface area contributed by atoms with E-state index in [1.165, 1.54) is 11.1 Å². The highest BCUT2D eigenvalue weighted by Crippen LogP contribution is 2.33. The lowest BCUT2D eigenvalue weighted by Crippen LogP contribution is -2.42. The van der Waals surface area contributed by atoms with E-state index < -0.39 is 0 Å². The summed E-state index contributed by atoms with van der Waals surface area (Å²) in [5.74, 6) is -0.169. The van der Waals surface area contributed by atoms with Crippen LogP contribution in [0, 0.1) is 16.7 Å². The topological polar surface area (TPSA) is 53.3 Å². The Bertz CT molecular complexity index is 668. The van der Waals surface area contributed by atoms with Crippen molar-refractivity contribution in [3.05, 3.63) is 47.0 Å². The SMILES string of the molecule is CC1c2ccccc2CCN1C(=O)/C(C#N)=C/C1(C)COC1. The molecule has 2 aliphatic rings. The van der Waals surface area contributed by atoms with Crippen LogP contribution in [0.4, 0.5) is 0 Å². The number of benzene rings is 1. The molecule has 1 amide bonds. The third kappa shape index (κ3) is 2.53. The molecule has 114 valence electrons. The number of nitrogens with zero attached hydrogens (tertiary/aromatic N) is 2. The van der Waals surface area contributed by atoms with Crippen LogP contribution in [0.25, 0.3) is 0 Å². The normalized spacial score (nSPS) is 23.2. The molecule has 1 unspecified atom stereocenters. The van der Waals surface area contributed by atoms with Gasteiger partial charge in [-0.05, 0) is 24.5 Å². The summed E-state index contributed by atoms with van der Waals surface area (Å²) >= 11 is 0. The predicted octanol–water partition coefficient (Wildman–Crippen LogP) is 2.62. The smallest absolute Gasteiger partial charge is 0.264 e. The molecular formula is C18H20N2O2. The largest absolute Gasteiger partial charge is 0.379 e. The minimum Gasteiger partial charge on any atom is -0.379 e. The van der Waals surface area contributed by atoms with Crippen LogP contribution in [0.2, 0.25) is 0 Å². The van der Waals surface area contributed by atoms with Gasteiger partial charge in [-0.2, -0.15) is 5.26 Å². The highest BCUT2D eigenvalue weighted by Gasteiger charge is 2.35. The lowest BCUT2D eigenvalue weighted by molar-refractivity contribution is -0.129. The van der Waals surface area contributed by atoms with Gasteiger partial charge in [0.1, 0.15) is 11.6 Å². The molecule has 1 aromatic rings. The van der Waals surface area contributed by atoms with Crippen molar-refractivity contribution in [2.24, 2.45) is 5.41 Å². The third-order valence-electron chi connectivity index (χ3n) is 4.56. The second kappa shape index (κ2) is 5.58. The Morgan fingerprint density at radius 2 is 2.18 bits per heavy atom. The Hall–Kier alpha value is -2.12. The van der Waals surface area contributed by atoms with Crippen molar-refractivity contribution < 1.29 is 9.53 Å². The van der Waals surface area contributed by atoms with Crippen molar-refractivity contribution in [2.45, 2.75) is 26.3 Å². The van der Waals surface area contributed by atoms with Crippen LogP contribution in [-0.4, -0.2) is 30.6 Å². The number of carbonyl (C=O) groups is 1. The van der Waals surface area contributed by atoms with Gasteiger partial charge in [-0.15, -0.1) is 0 Å². The molecule has 2 aliphatic heterocycles. The van der Waals surface area contributed by atoms with Crippen molar-refractivity contribution in [1.29, 1.82) is 5.26 Å². The molecule has 1 aromatic carbocycles. The van der Waals surface area contributed by atoms with E-state index in [9.17, 15) is 10.1 Å². The van der Waals surface area contributed by atoms with E-state index in [1.807, 2.05) is 26.0 Å². The molecule has 3 rings (SSSR count). The molecule has 0 aliphatic carbocycles. The fourth-order valence-corrected chi connectivity index (χ4v) is 3.20. The highest BCUT2D eigenvalue weighted by molar-refractivity contribution is 5.97. The molecule has 0 aromatic heterocycles. The zero-order valence-electron chi connectivity index (χ0n) is 13.0. The number of amides is 1. The predicted molar refractivity (Wildman–Crippen MR) is 82.9 cm³/mol. The average Bonchev–Trinajstić information content (AvgIpc) is 2.51. The number of ether oxygens (including phenoxy) is 1. The zero-order valence-corrected chi connectivity index (χ0v) is 13.0. The molecule has 1 saturated heterocycles. The Morgan fingerprint density at radius 3 is 2.82 bits per heavy atom. The van der Waals surface area contributed by atoms with Gasteiger partial charge >= 0.3 is 0 Å². The fraction of sp³-hybridized carbons (Fsp3) is 0.444. The molecule has 0 N–H and O–H groups in total. The number of hydrogen-bond donors (Lipinski definition) is 0.